The minimum Gasteiger partial charge on any atom is -0.346 e. The van der Waals surface area contributed by atoms with Crippen molar-refractivity contribution in [2.45, 2.75) is 12.7 Å². The number of nitrogens with one attached hydrogen (secondary N) is 1. The van der Waals surface area contributed by atoms with Crippen LogP contribution in [0.4, 0.5) is 13.2 Å². The third-order valence-corrected chi connectivity index (χ3v) is 4.78. The van der Waals surface area contributed by atoms with Crippen LogP contribution < -0.4 is 5.32 Å². The van der Waals surface area contributed by atoms with Crippen LogP contribution in [-0.4, -0.2) is 17.1 Å². The Kier molecular flexibility index (Phi) is 5.29. The molecule has 0 fully saturated rings. The van der Waals surface area contributed by atoms with Crippen LogP contribution in [0, 0.1) is 0 Å². The summed E-state index contributed by atoms with van der Waals surface area (Å²) < 4.78 is 40.8. The number of benzene rings is 2. The van der Waals surface area contributed by atoms with Crippen LogP contribution in [0.5, 0.6) is 0 Å². The lowest BCUT2D eigenvalue weighted by atomic mass is 10.1. The van der Waals surface area contributed by atoms with Gasteiger partial charge in [0, 0.05) is 11.1 Å². The summed E-state index contributed by atoms with van der Waals surface area (Å²) in [4.78, 5) is 16.3. The van der Waals surface area contributed by atoms with E-state index in [1.165, 1.54) is 35.6 Å². The van der Waals surface area contributed by atoms with Gasteiger partial charge in [0.05, 0.1) is 22.3 Å². The van der Waals surface area contributed by atoms with Gasteiger partial charge in [0.2, 0.25) is 5.91 Å². The second-order valence-electron chi connectivity index (χ2n) is 5.36. The first-order chi connectivity index (χ1) is 12.3. The van der Waals surface area contributed by atoms with Crippen molar-refractivity contribution in [1.29, 1.82) is 0 Å². The summed E-state index contributed by atoms with van der Waals surface area (Å²) in [6.07, 6.45) is -4.11. The second kappa shape index (κ2) is 7.47. The molecule has 1 amide bonds. The van der Waals surface area contributed by atoms with Crippen molar-refractivity contribution >= 4 is 44.6 Å². The molecular weight excluding hydrogens is 385 g/mol. The maximum Gasteiger partial charge on any atom is 0.417 e. The summed E-state index contributed by atoms with van der Waals surface area (Å²) in [5.74, 6) is -0.841. The number of para-hydroxylation sites is 1. The Balaban J connectivity index is 1.76. The molecule has 2 aromatic carbocycles. The minimum absolute atomic E-state index is 0.0560. The number of hydrogen-bond acceptors (Lipinski definition) is 3. The van der Waals surface area contributed by atoms with E-state index in [9.17, 15) is 18.0 Å². The Hall–Kier alpha value is -2.38. The molecular formula is C18H12ClF3N2OS. The molecule has 0 aliphatic carbocycles. The monoisotopic (exact) mass is 396 g/mol. The molecule has 0 atom stereocenters. The van der Waals surface area contributed by atoms with E-state index in [0.29, 0.717) is 16.1 Å². The number of nitrogens with zero attached hydrogens (tertiary/aromatic N) is 1. The van der Waals surface area contributed by atoms with Gasteiger partial charge in [-0.15, -0.1) is 11.3 Å². The normalized spacial score (nSPS) is 12.4. The molecule has 26 heavy (non-hydrogen) atoms. The van der Waals surface area contributed by atoms with Crippen LogP contribution in [0.25, 0.3) is 15.8 Å². The van der Waals surface area contributed by atoms with E-state index in [1.807, 2.05) is 24.3 Å². The van der Waals surface area contributed by atoms with E-state index in [2.05, 4.69) is 10.3 Å². The van der Waals surface area contributed by atoms with Crippen molar-refractivity contribution in [3.8, 4) is 0 Å². The van der Waals surface area contributed by atoms with Crippen molar-refractivity contribution in [2.24, 2.45) is 0 Å². The number of fused-ring (bicyclic) bond motifs is 1. The van der Waals surface area contributed by atoms with E-state index in [1.54, 1.807) is 0 Å². The molecule has 0 saturated heterocycles. The quantitative estimate of drug-likeness (QED) is 0.615. The van der Waals surface area contributed by atoms with Gasteiger partial charge in [-0.3, -0.25) is 4.79 Å². The first kappa shape index (κ1) is 18.4. The fourth-order valence-electron chi connectivity index (χ4n) is 2.30. The zero-order valence-electron chi connectivity index (χ0n) is 13.2. The van der Waals surface area contributed by atoms with Gasteiger partial charge in [0.15, 0.2) is 0 Å². The fraction of sp³-hybridized carbons (Fsp3) is 0.111. The molecule has 0 bridgehead atoms. The Morgan fingerprint density at radius 1 is 1.15 bits per heavy atom. The van der Waals surface area contributed by atoms with Gasteiger partial charge in [-0.05, 0) is 29.8 Å². The van der Waals surface area contributed by atoms with E-state index >= 15 is 0 Å². The first-order valence-electron chi connectivity index (χ1n) is 7.50. The fourth-order valence-corrected chi connectivity index (χ4v) is 3.33. The molecule has 0 radical (unpaired) electrons. The maximum atomic E-state index is 13.3. The molecule has 0 aliphatic heterocycles. The summed E-state index contributed by atoms with van der Waals surface area (Å²) in [6, 6.07) is 12.6. The number of rotatable bonds is 4. The molecule has 0 aliphatic rings. The van der Waals surface area contributed by atoms with Crippen molar-refractivity contribution < 1.29 is 18.0 Å². The van der Waals surface area contributed by atoms with Crippen molar-refractivity contribution in [1.82, 2.24) is 10.3 Å². The van der Waals surface area contributed by atoms with Gasteiger partial charge < -0.3 is 5.32 Å². The summed E-state index contributed by atoms with van der Waals surface area (Å²) in [5, 5.41) is 3.38. The number of alkyl halides is 3. The standard InChI is InChI=1S/C18H12ClF3N2OS/c19-12-7-5-11(6-8-12)13(18(20,21)22)9-16(25)23-10-17-24-14-3-1-2-4-15(14)26-17/h1-9H,10H2,(H,23,25)/b13-9-. The van der Waals surface area contributed by atoms with Gasteiger partial charge in [0.1, 0.15) is 5.01 Å². The predicted molar refractivity (Wildman–Crippen MR) is 97.0 cm³/mol. The highest BCUT2D eigenvalue weighted by Gasteiger charge is 2.35. The van der Waals surface area contributed by atoms with Gasteiger partial charge >= 0.3 is 6.18 Å². The molecule has 3 rings (SSSR count). The summed E-state index contributed by atoms with van der Waals surface area (Å²) in [5.41, 5.74) is -0.373. The van der Waals surface area contributed by atoms with E-state index < -0.39 is 17.7 Å². The summed E-state index contributed by atoms with van der Waals surface area (Å²) in [6.45, 7) is 0.0560. The number of halogens is 4. The number of allylic oxidation sites excluding steroid dienone is 1. The summed E-state index contributed by atoms with van der Waals surface area (Å²) >= 11 is 7.08. The van der Waals surface area contributed by atoms with Crippen LogP contribution in [0.2, 0.25) is 5.02 Å². The highest BCUT2D eigenvalue weighted by atomic mass is 35.5. The van der Waals surface area contributed by atoms with E-state index in [-0.39, 0.29) is 12.1 Å². The van der Waals surface area contributed by atoms with Gasteiger partial charge in [-0.1, -0.05) is 35.9 Å². The SMILES string of the molecule is O=C(/C=C(/c1ccc(Cl)cc1)C(F)(F)F)NCc1nc2ccccc2s1. The van der Waals surface area contributed by atoms with Gasteiger partial charge in [-0.25, -0.2) is 4.98 Å². The zero-order valence-corrected chi connectivity index (χ0v) is 14.8. The molecule has 1 N–H and O–H groups in total. The van der Waals surface area contributed by atoms with Crippen LogP contribution in [0.1, 0.15) is 10.6 Å². The third kappa shape index (κ3) is 4.42. The number of carbonyl (C=O) groups is 1. The Morgan fingerprint density at radius 2 is 1.85 bits per heavy atom. The van der Waals surface area contributed by atoms with Crippen LogP contribution in [0.3, 0.4) is 0 Å². The van der Waals surface area contributed by atoms with Crippen molar-refractivity contribution in [2.75, 3.05) is 0 Å². The molecule has 3 aromatic rings. The lowest BCUT2D eigenvalue weighted by Crippen LogP contribution is -2.22. The molecule has 0 saturated carbocycles. The predicted octanol–water partition coefficient (Wildman–Crippen LogP) is 5.21. The molecule has 3 nitrogen and oxygen atoms in total. The van der Waals surface area contributed by atoms with Crippen LogP contribution in [-0.2, 0) is 11.3 Å². The van der Waals surface area contributed by atoms with Crippen molar-refractivity contribution in [3.05, 3.63) is 70.2 Å². The number of aromatic nitrogens is 1. The Morgan fingerprint density at radius 3 is 2.50 bits per heavy atom. The summed E-state index contributed by atoms with van der Waals surface area (Å²) in [7, 11) is 0. The molecule has 0 spiro atoms. The lowest BCUT2D eigenvalue weighted by molar-refractivity contribution is -0.117. The smallest absolute Gasteiger partial charge is 0.346 e. The average molecular weight is 397 g/mol. The van der Waals surface area contributed by atoms with E-state index in [0.717, 1.165) is 10.2 Å². The number of amides is 1. The molecule has 1 heterocycles. The minimum atomic E-state index is -4.67. The largest absolute Gasteiger partial charge is 0.417 e. The maximum absolute atomic E-state index is 13.3. The second-order valence-corrected chi connectivity index (χ2v) is 6.91. The number of thiazole rings is 1. The highest BCUT2D eigenvalue weighted by Crippen LogP contribution is 2.34. The molecule has 0 unspecified atom stereocenters. The molecule has 134 valence electrons. The lowest BCUT2D eigenvalue weighted by Gasteiger charge is -2.12. The highest BCUT2D eigenvalue weighted by molar-refractivity contribution is 7.18. The Bertz CT molecular complexity index is 931. The topological polar surface area (TPSA) is 42.0 Å². The van der Waals surface area contributed by atoms with Crippen LogP contribution >= 0.6 is 22.9 Å². The number of hydrogen-bond donors (Lipinski definition) is 1. The van der Waals surface area contributed by atoms with Crippen LogP contribution in [0.15, 0.2) is 54.6 Å². The third-order valence-electron chi connectivity index (χ3n) is 3.49. The Labute approximate surface area is 156 Å². The average Bonchev–Trinajstić information content (AvgIpc) is 3.01. The zero-order chi connectivity index (χ0) is 18.7. The number of carbonyl (C=O) groups excluding carboxylic acids is 1. The van der Waals surface area contributed by atoms with Crippen molar-refractivity contribution in [3.63, 3.8) is 0 Å². The molecule has 1 aromatic heterocycles. The van der Waals surface area contributed by atoms with Gasteiger partial charge in [0.25, 0.3) is 0 Å². The van der Waals surface area contributed by atoms with Gasteiger partial charge in [-0.2, -0.15) is 13.2 Å². The van der Waals surface area contributed by atoms with E-state index in [4.69, 9.17) is 11.6 Å². The molecule has 8 heteroatoms. The first-order valence-corrected chi connectivity index (χ1v) is 8.69.